The topological polar surface area (TPSA) is 39.5 Å². The zero-order chi connectivity index (χ0) is 16.9. The second kappa shape index (κ2) is 8.13. The lowest BCUT2D eigenvalue weighted by atomic mass is 9.99. The molecule has 0 aliphatic carbocycles. The molecule has 4 heterocycles. The van der Waals surface area contributed by atoms with Crippen molar-refractivity contribution in [3.05, 3.63) is 54.1 Å². The van der Waals surface area contributed by atoms with Crippen molar-refractivity contribution in [1.82, 2.24) is 14.5 Å². The van der Waals surface area contributed by atoms with Gasteiger partial charge in [0.25, 0.3) is 0 Å². The van der Waals surface area contributed by atoms with Crippen molar-refractivity contribution in [2.24, 2.45) is 5.92 Å². The summed E-state index contributed by atoms with van der Waals surface area (Å²) in [6.45, 7) is 6.42. The molecule has 0 bridgehead atoms. The van der Waals surface area contributed by atoms with Gasteiger partial charge < -0.3 is 14.0 Å². The van der Waals surface area contributed by atoms with Crippen LogP contribution in [0.2, 0.25) is 0 Å². The zero-order valence-corrected chi connectivity index (χ0v) is 14.7. The standard InChI is InChI=1S/C20H27N3O2/c1-2-8-21-18(4-1)15-25-16-20-14-22(12-17-6-10-24-11-7-17)13-19-5-3-9-23(19)20/h1-5,8-9,17,20H,6-7,10-16H2. The Morgan fingerprint density at radius 3 is 2.92 bits per heavy atom. The van der Waals surface area contributed by atoms with Crippen LogP contribution in [0.1, 0.15) is 30.3 Å². The molecule has 0 aromatic carbocycles. The van der Waals surface area contributed by atoms with Crippen LogP contribution in [-0.4, -0.2) is 47.4 Å². The Balaban J connectivity index is 1.35. The smallest absolute Gasteiger partial charge is 0.0888 e. The maximum atomic E-state index is 5.99. The normalized spacial score (nSPS) is 22.0. The number of hydrogen-bond donors (Lipinski definition) is 0. The Morgan fingerprint density at radius 1 is 1.16 bits per heavy atom. The highest BCUT2D eigenvalue weighted by Crippen LogP contribution is 2.25. The van der Waals surface area contributed by atoms with E-state index in [1.54, 1.807) is 0 Å². The maximum absolute atomic E-state index is 5.99. The Hall–Kier alpha value is -1.69. The molecule has 2 aliphatic heterocycles. The third kappa shape index (κ3) is 4.29. The van der Waals surface area contributed by atoms with Crippen LogP contribution in [0.4, 0.5) is 0 Å². The minimum Gasteiger partial charge on any atom is -0.381 e. The van der Waals surface area contributed by atoms with Gasteiger partial charge in [-0.1, -0.05) is 6.07 Å². The molecule has 1 fully saturated rings. The van der Waals surface area contributed by atoms with E-state index in [4.69, 9.17) is 9.47 Å². The van der Waals surface area contributed by atoms with Crippen molar-refractivity contribution in [1.29, 1.82) is 0 Å². The summed E-state index contributed by atoms with van der Waals surface area (Å²) in [4.78, 5) is 6.93. The number of nitrogens with zero attached hydrogens (tertiary/aromatic N) is 3. The maximum Gasteiger partial charge on any atom is 0.0888 e. The van der Waals surface area contributed by atoms with E-state index < -0.39 is 0 Å². The fraction of sp³-hybridized carbons (Fsp3) is 0.550. The van der Waals surface area contributed by atoms with Gasteiger partial charge in [-0.25, -0.2) is 0 Å². The summed E-state index contributed by atoms with van der Waals surface area (Å²) in [7, 11) is 0. The molecule has 5 heteroatoms. The summed E-state index contributed by atoms with van der Waals surface area (Å²) in [6, 6.07) is 10.7. The van der Waals surface area contributed by atoms with Crippen LogP contribution in [0.15, 0.2) is 42.7 Å². The summed E-state index contributed by atoms with van der Waals surface area (Å²) < 4.78 is 13.9. The number of ether oxygens (including phenoxy) is 2. The molecule has 134 valence electrons. The second-order valence-electron chi connectivity index (χ2n) is 7.15. The molecule has 1 atom stereocenters. The predicted molar refractivity (Wildman–Crippen MR) is 96.2 cm³/mol. The summed E-state index contributed by atoms with van der Waals surface area (Å²) in [5, 5.41) is 0. The van der Waals surface area contributed by atoms with Gasteiger partial charge in [0.2, 0.25) is 0 Å². The van der Waals surface area contributed by atoms with Gasteiger partial charge >= 0.3 is 0 Å². The van der Waals surface area contributed by atoms with Crippen LogP contribution in [0.25, 0.3) is 0 Å². The fourth-order valence-electron chi connectivity index (χ4n) is 3.95. The Morgan fingerprint density at radius 2 is 2.08 bits per heavy atom. The summed E-state index contributed by atoms with van der Waals surface area (Å²) >= 11 is 0. The molecule has 25 heavy (non-hydrogen) atoms. The quantitative estimate of drug-likeness (QED) is 0.810. The largest absolute Gasteiger partial charge is 0.381 e. The second-order valence-corrected chi connectivity index (χ2v) is 7.15. The van der Waals surface area contributed by atoms with Crippen molar-refractivity contribution in [3.63, 3.8) is 0 Å². The van der Waals surface area contributed by atoms with Gasteiger partial charge in [0.05, 0.1) is 24.9 Å². The first kappa shape index (κ1) is 16.8. The Labute approximate surface area is 149 Å². The van der Waals surface area contributed by atoms with Crippen LogP contribution in [-0.2, 0) is 22.6 Å². The van der Waals surface area contributed by atoms with E-state index >= 15 is 0 Å². The first-order valence-electron chi connectivity index (χ1n) is 9.32. The molecule has 0 N–H and O–H groups in total. The molecular formula is C20H27N3O2. The monoisotopic (exact) mass is 341 g/mol. The van der Waals surface area contributed by atoms with E-state index in [9.17, 15) is 0 Å². The average molecular weight is 341 g/mol. The minimum atomic E-state index is 0.377. The third-order valence-electron chi connectivity index (χ3n) is 5.26. The first-order valence-corrected chi connectivity index (χ1v) is 9.32. The van der Waals surface area contributed by atoms with Crippen LogP contribution in [0, 0.1) is 5.92 Å². The highest BCUT2D eigenvalue weighted by Gasteiger charge is 2.26. The highest BCUT2D eigenvalue weighted by molar-refractivity contribution is 5.11. The van der Waals surface area contributed by atoms with Crippen LogP contribution >= 0.6 is 0 Å². The van der Waals surface area contributed by atoms with Crippen molar-refractivity contribution in [2.75, 3.05) is 32.9 Å². The van der Waals surface area contributed by atoms with Crippen LogP contribution in [0.3, 0.4) is 0 Å². The van der Waals surface area contributed by atoms with Crippen LogP contribution < -0.4 is 0 Å². The first-order chi connectivity index (χ1) is 12.4. The van der Waals surface area contributed by atoms with Crippen molar-refractivity contribution in [3.8, 4) is 0 Å². The molecule has 0 spiro atoms. The molecule has 2 aliphatic rings. The van der Waals surface area contributed by atoms with E-state index in [0.717, 1.165) is 44.5 Å². The zero-order valence-electron chi connectivity index (χ0n) is 14.7. The van der Waals surface area contributed by atoms with E-state index in [1.807, 2.05) is 24.4 Å². The lowest BCUT2D eigenvalue weighted by molar-refractivity contribution is 0.0309. The van der Waals surface area contributed by atoms with Gasteiger partial charge in [-0.3, -0.25) is 9.88 Å². The van der Waals surface area contributed by atoms with E-state index in [0.29, 0.717) is 12.6 Å². The lowest BCUT2D eigenvalue weighted by Gasteiger charge is -2.37. The number of hydrogen-bond acceptors (Lipinski definition) is 4. The molecule has 4 rings (SSSR count). The van der Waals surface area contributed by atoms with Crippen molar-refractivity contribution in [2.45, 2.75) is 32.0 Å². The van der Waals surface area contributed by atoms with E-state index in [2.05, 4.69) is 32.8 Å². The Kier molecular flexibility index (Phi) is 5.45. The van der Waals surface area contributed by atoms with Gasteiger partial charge in [-0.2, -0.15) is 0 Å². The highest BCUT2D eigenvalue weighted by atomic mass is 16.5. The number of fused-ring (bicyclic) bond motifs is 1. The van der Waals surface area contributed by atoms with Crippen LogP contribution in [0.5, 0.6) is 0 Å². The van der Waals surface area contributed by atoms with E-state index in [1.165, 1.54) is 25.1 Å². The lowest BCUT2D eigenvalue weighted by Crippen LogP contribution is -2.41. The molecular weight excluding hydrogens is 314 g/mol. The molecule has 2 aromatic heterocycles. The summed E-state index contributed by atoms with van der Waals surface area (Å²) in [5.41, 5.74) is 2.38. The SMILES string of the molecule is c1ccc(COCC2CN(CC3CCOCC3)Cc3cccn32)nc1. The summed E-state index contributed by atoms with van der Waals surface area (Å²) in [6.07, 6.45) is 6.39. The average Bonchev–Trinajstić information content (AvgIpc) is 3.12. The molecule has 5 nitrogen and oxygen atoms in total. The number of pyridine rings is 1. The van der Waals surface area contributed by atoms with E-state index in [-0.39, 0.29) is 0 Å². The minimum absolute atomic E-state index is 0.377. The van der Waals surface area contributed by atoms with Gasteiger partial charge in [0.15, 0.2) is 0 Å². The van der Waals surface area contributed by atoms with Gasteiger partial charge in [0.1, 0.15) is 0 Å². The van der Waals surface area contributed by atoms with Gasteiger partial charge in [0, 0.05) is 50.9 Å². The number of aromatic nitrogens is 2. The molecule has 0 saturated carbocycles. The summed E-state index contributed by atoms with van der Waals surface area (Å²) in [5.74, 6) is 0.769. The molecule has 0 radical (unpaired) electrons. The molecule has 1 saturated heterocycles. The molecule has 2 aromatic rings. The van der Waals surface area contributed by atoms with Gasteiger partial charge in [-0.15, -0.1) is 0 Å². The number of rotatable bonds is 6. The molecule has 1 unspecified atom stereocenters. The van der Waals surface area contributed by atoms with Crippen molar-refractivity contribution >= 4 is 0 Å². The molecule has 0 amide bonds. The predicted octanol–water partition coefficient (Wildman–Crippen LogP) is 2.88. The Bertz CT molecular complexity index is 652. The van der Waals surface area contributed by atoms with Gasteiger partial charge in [-0.05, 0) is 43.0 Å². The third-order valence-corrected chi connectivity index (χ3v) is 5.26. The van der Waals surface area contributed by atoms with Crippen molar-refractivity contribution < 1.29 is 9.47 Å². The fourth-order valence-corrected chi connectivity index (χ4v) is 3.95.